The molecule has 2 aromatic rings. The van der Waals surface area contributed by atoms with Gasteiger partial charge in [0.25, 0.3) is 5.91 Å². The molecule has 0 radical (unpaired) electrons. The number of carbonyl (C=O) groups excluding carboxylic acids is 1. The SMILES string of the molecule is O=C(Nc1ccc(Cl)c(C(F)(F)F)c1)c1ccc(Br)nc1. The summed E-state index contributed by atoms with van der Waals surface area (Å²) in [4.78, 5) is 15.8. The van der Waals surface area contributed by atoms with Gasteiger partial charge in [0.1, 0.15) is 4.60 Å². The van der Waals surface area contributed by atoms with Crippen molar-refractivity contribution in [2.75, 3.05) is 5.32 Å². The summed E-state index contributed by atoms with van der Waals surface area (Å²) in [5.74, 6) is -0.564. The molecular weight excluding hydrogens is 373 g/mol. The maximum absolute atomic E-state index is 12.7. The molecule has 8 heteroatoms. The highest BCUT2D eigenvalue weighted by molar-refractivity contribution is 9.10. The zero-order valence-electron chi connectivity index (χ0n) is 10.2. The molecule has 0 saturated heterocycles. The Labute approximate surface area is 131 Å². The fraction of sp³-hybridized carbons (Fsp3) is 0.0769. The Bertz CT molecular complexity index is 674. The van der Waals surface area contributed by atoms with Crippen LogP contribution in [0.5, 0.6) is 0 Å². The predicted octanol–water partition coefficient (Wildman–Crippen LogP) is 4.77. The standard InChI is InChI=1S/C13H7BrClF3N2O/c14-11-4-1-7(6-19-11)12(21)20-8-2-3-10(15)9(5-8)13(16,17)18/h1-6H,(H,20,21). The zero-order valence-corrected chi connectivity index (χ0v) is 12.6. The summed E-state index contributed by atoms with van der Waals surface area (Å²) in [6.07, 6.45) is -3.28. The minimum absolute atomic E-state index is 0.000330. The first-order valence-corrected chi connectivity index (χ1v) is 6.74. The first-order valence-electron chi connectivity index (χ1n) is 5.57. The van der Waals surface area contributed by atoms with Crippen LogP contribution < -0.4 is 5.32 Å². The van der Waals surface area contributed by atoms with Gasteiger partial charge in [-0.25, -0.2) is 4.98 Å². The van der Waals surface area contributed by atoms with Crippen molar-refractivity contribution in [3.05, 3.63) is 57.3 Å². The molecule has 1 aromatic heterocycles. The molecule has 1 N–H and O–H groups in total. The van der Waals surface area contributed by atoms with Crippen LogP contribution in [0.15, 0.2) is 41.1 Å². The number of aromatic nitrogens is 1. The van der Waals surface area contributed by atoms with Gasteiger partial charge in [-0.2, -0.15) is 13.2 Å². The lowest BCUT2D eigenvalue weighted by atomic mass is 10.2. The molecule has 0 aliphatic heterocycles. The summed E-state index contributed by atoms with van der Waals surface area (Å²) in [6.45, 7) is 0. The van der Waals surface area contributed by atoms with Gasteiger partial charge in [-0.05, 0) is 46.3 Å². The van der Waals surface area contributed by atoms with E-state index in [4.69, 9.17) is 11.6 Å². The molecule has 0 fully saturated rings. The van der Waals surface area contributed by atoms with Crippen LogP contribution in [-0.4, -0.2) is 10.9 Å². The van der Waals surface area contributed by atoms with Crippen LogP contribution in [-0.2, 0) is 6.18 Å². The van der Waals surface area contributed by atoms with Crippen LogP contribution in [0.4, 0.5) is 18.9 Å². The summed E-state index contributed by atoms with van der Waals surface area (Å²) in [5.41, 5.74) is -0.780. The second-order valence-corrected chi connectivity index (χ2v) is 5.24. The predicted molar refractivity (Wildman–Crippen MR) is 76.3 cm³/mol. The number of benzene rings is 1. The molecule has 0 spiro atoms. The molecule has 0 atom stereocenters. The number of hydrogen-bond acceptors (Lipinski definition) is 2. The Morgan fingerprint density at radius 2 is 1.95 bits per heavy atom. The molecular formula is C13H7BrClF3N2O. The minimum atomic E-state index is -4.59. The van der Waals surface area contributed by atoms with Crippen LogP contribution in [0.2, 0.25) is 5.02 Å². The van der Waals surface area contributed by atoms with Crippen molar-refractivity contribution in [2.45, 2.75) is 6.18 Å². The number of pyridine rings is 1. The second-order valence-electron chi connectivity index (χ2n) is 4.02. The van der Waals surface area contributed by atoms with Crippen molar-refractivity contribution in [3.8, 4) is 0 Å². The maximum Gasteiger partial charge on any atom is 0.417 e. The number of alkyl halides is 3. The molecule has 0 unspecified atom stereocenters. The average Bonchev–Trinajstić information content (AvgIpc) is 2.40. The lowest BCUT2D eigenvalue weighted by Crippen LogP contribution is -2.13. The van der Waals surface area contributed by atoms with Gasteiger partial charge in [0.15, 0.2) is 0 Å². The highest BCUT2D eigenvalue weighted by atomic mass is 79.9. The van der Waals surface area contributed by atoms with Gasteiger partial charge in [0.2, 0.25) is 0 Å². The highest BCUT2D eigenvalue weighted by Crippen LogP contribution is 2.36. The Morgan fingerprint density at radius 1 is 1.24 bits per heavy atom. The molecule has 3 nitrogen and oxygen atoms in total. The Morgan fingerprint density at radius 3 is 2.52 bits per heavy atom. The van der Waals surface area contributed by atoms with Crippen molar-refractivity contribution in [1.29, 1.82) is 0 Å². The molecule has 0 aliphatic rings. The van der Waals surface area contributed by atoms with E-state index in [1.165, 1.54) is 18.3 Å². The van der Waals surface area contributed by atoms with Gasteiger partial charge < -0.3 is 5.32 Å². The van der Waals surface area contributed by atoms with E-state index in [0.29, 0.717) is 4.60 Å². The van der Waals surface area contributed by atoms with E-state index < -0.39 is 22.7 Å². The number of amides is 1. The smallest absolute Gasteiger partial charge is 0.322 e. The summed E-state index contributed by atoms with van der Waals surface area (Å²) in [5, 5.41) is 1.94. The van der Waals surface area contributed by atoms with E-state index in [-0.39, 0.29) is 11.3 Å². The summed E-state index contributed by atoms with van der Waals surface area (Å²) >= 11 is 8.62. The minimum Gasteiger partial charge on any atom is -0.322 e. The van der Waals surface area contributed by atoms with Crippen molar-refractivity contribution in [2.24, 2.45) is 0 Å². The Hall–Kier alpha value is -1.60. The third-order valence-electron chi connectivity index (χ3n) is 2.52. The monoisotopic (exact) mass is 378 g/mol. The lowest BCUT2D eigenvalue weighted by molar-refractivity contribution is -0.137. The van der Waals surface area contributed by atoms with E-state index in [0.717, 1.165) is 12.1 Å². The van der Waals surface area contributed by atoms with Crippen LogP contribution in [0, 0.1) is 0 Å². The fourth-order valence-corrected chi connectivity index (χ4v) is 1.99. The summed E-state index contributed by atoms with van der Waals surface area (Å²) < 4.78 is 38.7. The van der Waals surface area contributed by atoms with Crippen molar-refractivity contribution in [3.63, 3.8) is 0 Å². The molecule has 1 amide bonds. The zero-order chi connectivity index (χ0) is 15.6. The molecule has 0 saturated carbocycles. The van der Waals surface area contributed by atoms with Crippen LogP contribution in [0.25, 0.3) is 0 Å². The molecule has 110 valence electrons. The van der Waals surface area contributed by atoms with Crippen LogP contribution >= 0.6 is 27.5 Å². The average molecular weight is 380 g/mol. The molecule has 0 bridgehead atoms. The number of nitrogens with one attached hydrogen (secondary N) is 1. The van der Waals surface area contributed by atoms with Crippen molar-refractivity contribution in [1.82, 2.24) is 4.98 Å². The largest absolute Gasteiger partial charge is 0.417 e. The van der Waals surface area contributed by atoms with Gasteiger partial charge in [-0.15, -0.1) is 0 Å². The number of nitrogens with zero attached hydrogens (tertiary/aromatic N) is 1. The van der Waals surface area contributed by atoms with E-state index in [9.17, 15) is 18.0 Å². The number of hydrogen-bond donors (Lipinski definition) is 1. The van der Waals surface area contributed by atoms with Gasteiger partial charge >= 0.3 is 6.18 Å². The molecule has 2 rings (SSSR count). The molecule has 21 heavy (non-hydrogen) atoms. The van der Waals surface area contributed by atoms with Crippen molar-refractivity contribution >= 4 is 39.1 Å². The Balaban J connectivity index is 2.24. The second kappa shape index (κ2) is 6.03. The fourth-order valence-electron chi connectivity index (χ4n) is 1.53. The third kappa shape index (κ3) is 3.95. The van der Waals surface area contributed by atoms with Crippen molar-refractivity contribution < 1.29 is 18.0 Å². The lowest BCUT2D eigenvalue weighted by Gasteiger charge is -2.11. The molecule has 1 aromatic carbocycles. The highest BCUT2D eigenvalue weighted by Gasteiger charge is 2.33. The van der Waals surface area contributed by atoms with Gasteiger partial charge in [0.05, 0.1) is 16.1 Å². The van der Waals surface area contributed by atoms with E-state index in [2.05, 4.69) is 26.2 Å². The molecule has 1 heterocycles. The first-order chi connectivity index (χ1) is 9.77. The quantitative estimate of drug-likeness (QED) is 0.764. The van der Waals surface area contributed by atoms with Crippen LogP contribution in [0.3, 0.4) is 0 Å². The Kier molecular flexibility index (Phi) is 4.53. The maximum atomic E-state index is 12.7. The number of halogens is 5. The van der Waals surface area contributed by atoms with E-state index in [1.54, 1.807) is 6.07 Å². The van der Waals surface area contributed by atoms with Gasteiger partial charge in [-0.3, -0.25) is 4.79 Å². The van der Waals surface area contributed by atoms with E-state index >= 15 is 0 Å². The number of rotatable bonds is 2. The van der Waals surface area contributed by atoms with Gasteiger partial charge in [-0.1, -0.05) is 11.6 Å². The number of carbonyl (C=O) groups is 1. The summed E-state index contributed by atoms with van der Waals surface area (Å²) in [6, 6.07) is 6.21. The van der Waals surface area contributed by atoms with E-state index in [1.807, 2.05) is 0 Å². The number of anilines is 1. The molecule has 0 aliphatic carbocycles. The topological polar surface area (TPSA) is 42.0 Å². The van der Waals surface area contributed by atoms with Crippen LogP contribution in [0.1, 0.15) is 15.9 Å². The summed E-state index contributed by atoms with van der Waals surface area (Å²) in [7, 11) is 0. The van der Waals surface area contributed by atoms with Gasteiger partial charge in [0, 0.05) is 11.9 Å². The first kappa shape index (κ1) is 15.8. The third-order valence-corrected chi connectivity index (χ3v) is 3.32. The normalized spacial score (nSPS) is 11.3.